The van der Waals surface area contributed by atoms with Crippen molar-refractivity contribution in [1.82, 2.24) is 9.71 Å². The van der Waals surface area contributed by atoms with Crippen molar-refractivity contribution in [2.24, 2.45) is 5.92 Å². The van der Waals surface area contributed by atoms with Crippen LogP contribution in [0.3, 0.4) is 0 Å². The fraction of sp³-hybridized carbons (Fsp3) is 0.565. The van der Waals surface area contributed by atoms with E-state index in [9.17, 15) is 14.1 Å². The second-order valence-corrected chi connectivity index (χ2v) is 12.7. The second kappa shape index (κ2) is 8.33. The van der Waals surface area contributed by atoms with E-state index in [0.29, 0.717) is 22.4 Å². The number of nitrogens with zero attached hydrogens (tertiary/aromatic N) is 1. The summed E-state index contributed by atoms with van der Waals surface area (Å²) in [6.45, 7) is 4.20. The number of fused-ring (bicyclic) bond motifs is 1. The van der Waals surface area contributed by atoms with Crippen LogP contribution in [0.25, 0.3) is 0 Å². The Morgan fingerprint density at radius 2 is 2.09 bits per heavy atom. The van der Waals surface area contributed by atoms with Gasteiger partial charge in [-0.15, -0.1) is 11.3 Å². The van der Waals surface area contributed by atoms with E-state index in [1.165, 1.54) is 24.8 Å². The standard InChI is InChI=1S/C23H30N4O4S2/c1-13(15-5-3-6-15)17-10-9-16-7-4-8-18(16)19(17)25-21(28)27-33(24,30)22-26-20(14(2)32-22)23(29)11-31-12-23/h9-10,13,15,29H,3-8,11-12H2,1-2H3,(H3,24,25,27,28,30). The van der Waals surface area contributed by atoms with Gasteiger partial charge in [0.1, 0.15) is 0 Å². The molecule has 1 aromatic heterocycles. The van der Waals surface area contributed by atoms with Gasteiger partial charge < -0.3 is 15.2 Å². The predicted octanol–water partition coefficient (Wildman–Crippen LogP) is 4.20. The molecular formula is C23H30N4O4S2. The average molecular weight is 491 g/mol. The number of carbonyl (C=O) groups is 1. The third-order valence-electron chi connectivity index (χ3n) is 7.28. The number of aromatic nitrogens is 1. The Labute approximate surface area is 198 Å². The van der Waals surface area contributed by atoms with Crippen molar-refractivity contribution in [3.63, 3.8) is 0 Å². The first-order valence-electron chi connectivity index (χ1n) is 11.5. The molecule has 8 nitrogen and oxygen atoms in total. The smallest absolute Gasteiger partial charge is 0.332 e. The number of carbonyl (C=O) groups excluding carboxylic acids is 1. The summed E-state index contributed by atoms with van der Waals surface area (Å²) in [5.74, 6) is 0.946. The lowest BCUT2D eigenvalue weighted by atomic mass is 9.73. The molecule has 0 radical (unpaired) electrons. The van der Waals surface area contributed by atoms with E-state index in [-0.39, 0.29) is 17.6 Å². The molecule has 0 spiro atoms. The molecule has 2 aliphatic carbocycles. The van der Waals surface area contributed by atoms with Crippen LogP contribution in [-0.4, -0.2) is 33.5 Å². The molecule has 2 atom stereocenters. The topological polar surface area (TPSA) is 124 Å². The lowest BCUT2D eigenvalue weighted by molar-refractivity contribution is -0.187. The minimum absolute atomic E-state index is 0.0215. The van der Waals surface area contributed by atoms with Crippen molar-refractivity contribution in [3.8, 4) is 0 Å². The van der Waals surface area contributed by atoms with Crippen LogP contribution < -0.4 is 10.0 Å². The molecule has 2 heterocycles. The summed E-state index contributed by atoms with van der Waals surface area (Å²) in [5, 5.41) is 13.5. The van der Waals surface area contributed by atoms with Crippen molar-refractivity contribution < 1.29 is 18.8 Å². The number of ether oxygens (including phenoxy) is 1. The van der Waals surface area contributed by atoms with Crippen LogP contribution in [0.4, 0.5) is 10.5 Å². The summed E-state index contributed by atoms with van der Waals surface area (Å²) in [6.07, 6.45) is 6.60. The lowest BCUT2D eigenvalue weighted by Gasteiger charge is -2.35. The zero-order valence-electron chi connectivity index (χ0n) is 18.9. The van der Waals surface area contributed by atoms with Gasteiger partial charge in [-0.3, -0.25) is 0 Å². The monoisotopic (exact) mass is 490 g/mol. The minimum atomic E-state index is -3.69. The van der Waals surface area contributed by atoms with E-state index in [0.717, 1.165) is 47.4 Å². The Morgan fingerprint density at radius 3 is 2.73 bits per heavy atom. The zero-order valence-corrected chi connectivity index (χ0v) is 20.5. The summed E-state index contributed by atoms with van der Waals surface area (Å²) >= 11 is 1.06. The van der Waals surface area contributed by atoms with Crippen LogP contribution in [0.5, 0.6) is 0 Å². The molecule has 4 N–H and O–H groups in total. The quantitative estimate of drug-likeness (QED) is 0.483. The molecule has 10 heteroatoms. The third kappa shape index (κ3) is 4.07. The Kier molecular flexibility index (Phi) is 5.75. The first-order chi connectivity index (χ1) is 15.7. The van der Waals surface area contributed by atoms with Gasteiger partial charge >= 0.3 is 6.03 Å². The van der Waals surface area contributed by atoms with Gasteiger partial charge in [-0.25, -0.2) is 23.5 Å². The normalized spacial score (nSPS) is 21.9. The van der Waals surface area contributed by atoms with Gasteiger partial charge in [0.25, 0.3) is 0 Å². The lowest BCUT2D eigenvalue weighted by Crippen LogP contribution is -2.47. The SMILES string of the molecule is Cc1sc(S(=N)(=O)NC(=O)Nc2c(C(C)C3CCC3)ccc3c2CCC3)nc1C1(O)COC1. The Bertz CT molecular complexity index is 1200. The second-order valence-electron chi connectivity index (χ2n) is 9.52. The van der Waals surface area contributed by atoms with Crippen LogP contribution in [0, 0.1) is 17.6 Å². The number of benzene rings is 1. The van der Waals surface area contributed by atoms with Gasteiger partial charge in [0.15, 0.2) is 15.5 Å². The molecule has 5 rings (SSSR count). The average Bonchev–Trinajstić information content (AvgIpc) is 3.31. The molecule has 2 amide bonds. The Balaban J connectivity index is 1.38. The maximum atomic E-state index is 13.1. The number of thiazole rings is 1. The highest BCUT2D eigenvalue weighted by atomic mass is 32.2. The highest BCUT2D eigenvalue weighted by Gasteiger charge is 2.42. The maximum Gasteiger partial charge on any atom is 0.332 e. The molecule has 2 fully saturated rings. The summed E-state index contributed by atoms with van der Waals surface area (Å²) in [5.41, 5.74) is 3.49. The van der Waals surface area contributed by atoms with Crippen LogP contribution in [-0.2, 0) is 33.1 Å². The number of urea groups is 1. The number of amides is 2. The summed E-state index contributed by atoms with van der Waals surface area (Å²) in [7, 11) is -3.69. The van der Waals surface area contributed by atoms with Crippen LogP contribution in [0.15, 0.2) is 16.5 Å². The van der Waals surface area contributed by atoms with Gasteiger partial charge in [-0.1, -0.05) is 25.5 Å². The molecular weight excluding hydrogens is 460 g/mol. The van der Waals surface area contributed by atoms with E-state index >= 15 is 0 Å². The van der Waals surface area contributed by atoms with Gasteiger partial charge in [0.05, 0.1) is 18.9 Å². The highest BCUT2D eigenvalue weighted by Crippen LogP contribution is 2.44. The van der Waals surface area contributed by atoms with Crippen LogP contribution in [0.1, 0.15) is 65.8 Å². The summed E-state index contributed by atoms with van der Waals surface area (Å²) in [6, 6.07) is 3.63. The molecule has 1 aromatic carbocycles. The van der Waals surface area contributed by atoms with Gasteiger partial charge in [-0.05, 0) is 67.6 Å². The van der Waals surface area contributed by atoms with Gasteiger partial charge in [0, 0.05) is 10.6 Å². The number of hydrogen-bond donors (Lipinski definition) is 4. The number of aliphatic hydroxyl groups is 1. The van der Waals surface area contributed by atoms with E-state index in [2.05, 4.69) is 34.1 Å². The number of hydrogen-bond acceptors (Lipinski definition) is 7. The van der Waals surface area contributed by atoms with E-state index in [1.54, 1.807) is 6.92 Å². The molecule has 1 saturated heterocycles. The summed E-state index contributed by atoms with van der Waals surface area (Å²) < 4.78 is 28.9. The number of anilines is 1. The molecule has 2 unspecified atom stereocenters. The molecule has 2 aromatic rings. The van der Waals surface area contributed by atoms with E-state index in [4.69, 9.17) is 9.52 Å². The van der Waals surface area contributed by atoms with Crippen molar-refractivity contribution in [2.75, 3.05) is 18.5 Å². The largest absolute Gasteiger partial charge is 0.379 e. The van der Waals surface area contributed by atoms with Crippen LogP contribution in [0.2, 0.25) is 0 Å². The zero-order chi connectivity index (χ0) is 23.4. The first kappa shape index (κ1) is 22.8. The molecule has 0 bridgehead atoms. The Hall–Kier alpha value is -2.01. The molecule has 33 heavy (non-hydrogen) atoms. The number of aryl methyl sites for hydroxylation is 2. The number of nitrogens with one attached hydrogen (secondary N) is 3. The van der Waals surface area contributed by atoms with Crippen molar-refractivity contribution in [2.45, 2.75) is 68.2 Å². The number of rotatable bonds is 6. The summed E-state index contributed by atoms with van der Waals surface area (Å²) in [4.78, 5) is 17.9. The Morgan fingerprint density at radius 1 is 1.33 bits per heavy atom. The van der Waals surface area contributed by atoms with E-state index < -0.39 is 21.5 Å². The highest BCUT2D eigenvalue weighted by molar-refractivity contribution is 7.93. The van der Waals surface area contributed by atoms with Crippen molar-refractivity contribution in [1.29, 1.82) is 4.78 Å². The van der Waals surface area contributed by atoms with Crippen molar-refractivity contribution >= 4 is 33.0 Å². The molecule has 178 valence electrons. The molecule has 1 saturated carbocycles. The first-order valence-corrected chi connectivity index (χ1v) is 13.9. The van der Waals surface area contributed by atoms with E-state index in [1.807, 2.05) is 0 Å². The third-order valence-corrected chi connectivity index (χ3v) is 10.1. The molecule has 1 aliphatic heterocycles. The fourth-order valence-corrected chi connectivity index (χ4v) is 7.40. The fourth-order valence-electron chi connectivity index (χ4n) is 5.08. The minimum Gasteiger partial charge on any atom is -0.379 e. The van der Waals surface area contributed by atoms with Gasteiger partial charge in [0.2, 0.25) is 4.34 Å². The van der Waals surface area contributed by atoms with Crippen molar-refractivity contribution in [3.05, 3.63) is 39.4 Å². The maximum absolute atomic E-state index is 13.1. The van der Waals surface area contributed by atoms with Crippen LogP contribution >= 0.6 is 11.3 Å². The molecule has 3 aliphatic rings. The van der Waals surface area contributed by atoms with Gasteiger partial charge in [-0.2, -0.15) is 0 Å². The predicted molar refractivity (Wildman–Crippen MR) is 127 cm³/mol.